The highest BCUT2D eigenvalue weighted by Gasteiger charge is 2.25. The van der Waals surface area contributed by atoms with Gasteiger partial charge in [0.1, 0.15) is 0 Å². The predicted molar refractivity (Wildman–Crippen MR) is 60.2 cm³/mol. The lowest BCUT2D eigenvalue weighted by atomic mass is 9.98. The summed E-state index contributed by atoms with van der Waals surface area (Å²) in [7, 11) is 0. The first kappa shape index (κ1) is 9.78. The van der Waals surface area contributed by atoms with E-state index in [1.807, 2.05) is 24.8 Å². The summed E-state index contributed by atoms with van der Waals surface area (Å²) in [4.78, 5) is 13.1. The number of hydrogen-bond donors (Lipinski definition) is 0. The Balaban J connectivity index is 2.63. The van der Waals surface area contributed by atoms with Crippen molar-refractivity contribution in [1.29, 1.82) is 0 Å². The van der Waals surface area contributed by atoms with Crippen molar-refractivity contribution in [2.24, 2.45) is 0 Å². The van der Waals surface area contributed by atoms with Crippen molar-refractivity contribution in [3.05, 3.63) is 28.8 Å². The standard InChI is InChI=1S/C12H14OS/c1-7-4-5-8(2)12-11(7)10(13)6-9(3)14-12/h4-5,9H,6H2,1-3H3. The Hall–Kier alpha value is -0.760. The van der Waals surface area contributed by atoms with E-state index >= 15 is 0 Å². The van der Waals surface area contributed by atoms with Crippen LogP contribution in [0.3, 0.4) is 0 Å². The van der Waals surface area contributed by atoms with Gasteiger partial charge in [-0.05, 0) is 25.0 Å². The molecule has 0 N–H and O–H groups in total. The van der Waals surface area contributed by atoms with Crippen LogP contribution in [0.1, 0.15) is 34.8 Å². The van der Waals surface area contributed by atoms with Crippen LogP contribution in [0, 0.1) is 13.8 Å². The molecule has 0 saturated heterocycles. The Morgan fingerprint density at radius 3 is 2.64 bits per heavy atom. The van der Waals surface area contributed by atoms with Crippen LogP contribution in [-0.4, -0.2) is 11.0 Å². The molecule has 1 unspecified atom stereocenters. The van der Waals surface area contributed by atoms with E-state index in [1.54, 1.807) is 0 Å². The van der Waals surface area contributed by atoms with Crippen molar-refractivity contribution in [3.63, 3.8) is 0 Å². The second-order valence-electron chi connectivity index (χ2n) is 3.96. The molecule has 0 radical (unpaired) electrons. The van der Waals surface area contributed by atoms with Gasteiger partial charge in [-0.2, -0.15) is 0 Å². The normalized spacial score (nSPS) is 20.8. The third kappa shape index (κ3) is 1.48. The maximum absolute atomic E-state index is 11.9. The fourth-order valence-electron chi connectivity index (χ4n) is 1.89. The van der Waals surface area contributed by atoms with Gasteiger partial charge in [-0.1, -0.05) is 19.1 Å². The fraction of sp³-hybridized carbons (Fsp3) is 0.417. The molecule has 0 aromatic heterocycles. The summed E-state index contributed by atoms with van der Waals surface area (Å²) in [5, 5.41) is 0.426. The van der Waals surface area contributed by atoms with Crippen LogP contribution < -0.4 is 0 Å². The zero-order valence-corrected chi connectivity index (χ0v) is 9.57. The van der Waals surface area contributed by atoms with E-state index in [4.69, 9.17) is 0 Å². The van der Waals surface area contributed by atoms with Crippen molar-refractivity contribution < 1.29 is 4.79 Å². The van der Waals surface area contributed by atoms with E-state index in [0.717, 1.165) is 11.1 Å². The Bertz CT molecular complexity index is 396. The molecule has 0 spiro atoms. The maximum atomic E-state index is 11.9. The van der Waals surface area contributed by atoms with Crippen LogP contribution in [0.4, 0.5) is 0 Å². The topological polar surface area (TPSA) is 17.1 Å². The van der Waals surface area contributed by atoms with Gasteiger partial charge >= 0.3 is 0 Å². The van der Waals surface area contributed by atoms with Gasteiger partial charge in [0, 0.05) is 22.1 Å². The molecule has 1 aromatic carbocycles. The summed E-state index contributed by atoms with van der Waals surface area (Å²) in [6.07, 6.45) is 0.682. The number of carbonyl (C=O) groups is 1. The highest BCUT2D eigenvalue weighted by atomic mass is 32.2. The molecule has 1 atom stereocenters. The predicted octanol–water partition coefficient (Wildman–Crippen LogP) is 3.37. The third-order valence-corrected chi connectivity index (χ3v) is 3.96. The van der Waals surface area contributed by atoms with Gasteiger partial charge in [0.05, 0.1) is 0 Å². The smallest absolute Gasteiger partial charge is 0.165 e. The first-order valence-corrected chi connectivity index (χ1v) is 5.77. The zero-order valence-electron chi connectivity index (χ0n) is 8.76. The van der Waals surface area contributed by atoms with Crippen LogP contribution in [0.2, 0.25) is 0 Å². The molecular formula is C12H14OS. The number of fused-ring (bicyclic) bond motifs is 1. The fourth-order valence-corrected chi connectivity index (χ4v) is 3.17. The summed E-state index contributed by atoms with van der Waals surface area (Å²) in [5.74, 6) is 0.312. The van der Waals surface area contributed by atoms with E-state index in [9.17, 15) is 4.79 Å². The monoisotopic (exact) mass is 206 g/mol. The zero-order chi connectivity index (χ0) is 10.3. The van der Waals surface area contributed by atoms with Gasteiger partial charge < -0.3 is 0 Å². The number of aryl methyl sites for hydroxylation is 2. The summed E-state index contributed by atoms with van der Waals surface area (Å²) in [6, 6.07) is 4.15. The second-order valence-corrected chi connectivity index (χ2v) is 5.41. The Kier molecular flexibility index (Phi) is 2.40. The highest BCUT2D eigenvalue weighted by molar-refractivity contribution is 8.00. The largest absolute Gasteiger partial charge is 0.294 e. The SMILES string of the molecule is Cc1ccc(C)c2c1SC(C)CC2=O. The van der Waals surface area contributed by atoms with E-state index in [0.29, 0.717) is 17.5 Å². The molecule has 0 saturated carbocycles. The van der Waals surface area contributed by atoms with Crippen LogP contribution >= 0.6 is 11.8 Å². The lowest BCUT2D eigenvalue weighted by molar-refractivity contribution is 0.0977. The quantitative estimate of drug-likeness (QED) is 0.647. The first-order valence-electron chi connectivity index (χ1n) is 4.89. The molecule has 74 valence electrons. The molecule has 2 rings (SSSR count). The number of benzene rings is 1. The van der Waals surface area contributed by atoms with Crippen LogP contribution in [-0.2, 0) is 0 Å². The Labute approximate surface area is 88.9 Å². The van der Waals surface area contributed by atoms with E-state index < -0.39 is 0 Å². The highest BCUT2D eigenvalue weighted by Crippen LogP contribution is 2.38. The lowest BCUT2D eigenvalue weighted by Crippen LogP contribution is -2.16. The van der Waals surface area contributed by atoms with Gasteiger partial charge in [0.2, 0.25) is 0 Å². The second kappa shape index (κ2) is 3.43. The average molecular weight is 206 g/mol. The van der Waals surface area contributed by atoms with Crippen molar-refractivity contribution in [2.45, 2.75) is 37.3 Å². The Morgan fingerprint density at radius 2 is 1.93 bits per heavy atom. The van der Waals surface area contributed by atoms with Crippen molar-refractivity contribution in [2.75, 3.05) is 0 Å². The molecule has 0 amide bonds. The minimum atomic E-state index is 0.312. The molecule has 1 aliphatic rings. The number of ketones is 1. The summed E-state index contributed by atoms with van der Waals surface area (Å²) >= 11 is 1.84. The van der Waals surface area contributed by atoms with Crippen molar-refractivity contribution in [3.8, 4) is 0 Å². The average Bonchev–Trinajstić information content (AvgIpc) is 2.10. The van der Waals surface area contributed by atoms with Gasteiger partial charge in [0.25, 0.3) is 0 Å². The Morgan fingerprint density at radius 1 is 1.29 bits per heavy atom. The van der Waals surface area contributed by atoms with Crippen molar-refractivity contribution >= 4 is 17.5 Å². The molecule has 0 bridgehead atoms. The van der Waals surface area contributed by atoms with E-state index in [2.05, 4.69) is 19.9 Å². The molecule has 1 nitrogen and oxygen atoms in total. The lowest BCUT2D eigenvalue weighted by Gasteiger charge is -2.23. The number of rotatable bonds is 0. The maximum Gasteiger partial charge on any atom is 0.165 e. The summed E-state index contributed by atoms with van der Waals surface area (Å²) in [6.45, 7) is 6.22. The molecule has 1 aliphatic heterocycles. The number of thioether (sulfide) groups is 1. The van der Waals surface area contributed by atoms with E-state index in [-0.39, 0.29) is 0 Å². The number of Topliss-reactive ketones (excluding diaryl/α,β-unsaturated/α-hetero) is 1. The van der Waals surface area contributed by atoms with Crippen LogP contribution in [0.5, 0.6) is 0 Å². The minimum Gasteiger partial charge on any atom is -0.294 e. The molecule has 2 heteroatoms. The van der Waals surface area contributed by atoms with Gasteiger partial charge in [0.15, 0.2) is 5.78 Å². The minimum absolute atomic E-state index is 0.312. The van der Waals surface area contributed by atoms with Gasteiger partial charge in [-0.25, -0.2) is 0 Å². The molecule has 1 heterocycles. The molecule has 1 aromatic rings. The van der Waals surface area contributed by atoms with Gasteiger partial charge in [-0.3, -0.25) is 4.79 Å². The number of carbonyl (C=O) groups excluding carboxylic acids is 1. The van der Waals surface area contributed by atoms with Crippen LogP contribution in [0.15, 0.2) is 17.0 Å². The van der Waals surface area contributed by atoms with E-state index in [1.165, 1.54) is 10.5 Å². The van der Waals surface area contributed by atoms with Crippen LogP contribution in [0.25, 0.3) is 0 Å². The molecule has 14 heavy (non-hydrogen) atoms. The summed E-state index contributed by atoms with van der Waals surface area (Å²) in [5.41, 5.74) is 3.32. The summed E-state index contributed by atoms with van der Waals surface area (Å²) < 4.78 is 0. The van der Waals surface area contributed by atoms with Gasteiger partial charge in [-0.15, -0.1) is 11.8 Å². The van der Waals surface area contributed by atoms with Crippen molar-refractivity contribution in [1.82, 2.24) is 0 Å². The first-order chi connectivity index (χ1) is 6.59. The molecule has 0 fully saturated rings. The molecular weight excluding hydrogens is 192 g/mol. The molecule has 0 aliphatic carbocycles. The number of hydrogen-bond acceptors (Lipinski definition) is 2. The third-order valence-electron chi connectivity index (χ3n) is 2.63.